The lowest BCUT2D eigenvalue weighted by Gasteiger charge is -2.13. The fraction of sp³-hybridized carbons (Fsp3) is 0.500. The summed E-state index contributed by atoms with van der Waals surface area (Å²) in [5.41, 5.74) is 0.982. The van der Waals surface area contributed by atoms with Crippen LogP contribution in [0.3, 0.4) is 0 Å². The van der Waals surface area contributed by atoms with E-state index in [1.54, 1.807) is 20.9 Å². The summed E-state index contributed by atoms with van der Waals surface area (Å²) in [6.07, 6.45) is 0. The van der Waals surface area contributed by atoms with Gasteiger partial charge in [-0.15, -0.1) is 0 Å². The lowest BCUT2D eigenvalue weighted by molar-refractivity contribution is -0.386. The summed E-state index contributed by atoms with van der Waals surface area (Å²) in [4.78, 5) is 10.5. The van der Waals surface area contributed by atoms with E-state index in [4.69, 9.17) is 0 Å². The van der Waals surface area contributed by atoms with Gasteiger partial charge in [-0.2, -0.15) is 0 Å². The minimum Gasteiger partial charge on any atom is -0.318 e. The highest BCUT2D eigenvalue weighted by Crippen LogP contribution is 2.31. The van der Waals surface area contributed by atoms with Gasteiger partial charge < -0.3 is 5.32 Å². The molecule has 20 heavy (non-hydrogen) atoms. The van der Waals surface area contributed by atoms with E-state index in [9.17, 15) is 18.5 Å². The van der Waals surface area contributed by atoms with Crippen molar-refractivity contribution in [3.05, 3.63) is 32.9 Å². The Hall–Kier alpha value is -1.51. The van der Waals surface area contributed by atoms with Crippen LogP contribution in [0.2, 0.25) is 0 Å². The summed E-state index contributed by atoms with van der Waals surface area (Å²) < 4.78 is 27.0. The van der Waals surface area contributed by atoms with Gasteiger partial charge in [0.25, 0.3) is 5.69 Å². The highest BCUT2D eigenvalue weighted by molar-refractivity contribution is 7.89. The molecule has 8 heteroatoms. The minimum atomic E-state index is -3.76. The minimum absolute atomic E-state index is 0.00842. The predicted octanol–water partition coefficient (Wildman–Crippen LogP) is 1.02. The van der Waals surface area contributed by atoms with E-state index in [1.165, 1.54) is 13.0 Å². The SMILES string of the molecule is CNCCNS(=O)(=O)c1c(C)cc(C)c([N+](=O)[O-])c1C. The van der Waals surface area contributed by atoms with Gasteiger partial charge in [-0.05, 0) is 39.4 Å². The molecule has 0 radical (unpaired) electrons. The van der Waals surface area contributed by atoms with Crippen LogP contribution in [0.15, 0.2) is 11.0 Å². The van der Waals surface area contributed by atoms with Crippen molar-refractivity contribution < 1.29 is 13.3 Å². The standard InChI is InChI=1S/C12H19N3O4S/c1-8-7-9(2)12(10(3)11(8)15(16)17)20(18,19)14-6-5-13-4/h7,13-14H,5-6H2,1-4H3. The van der Waals surface area contributed by atoms with Crippen LogP contribution in [0.4, 0.5) is 5.69 Å². The van der Waals surface area contributed by atoms with Crippen molar-refractivity contribution in [3.8, 4) is 0 Å². The molecule has 0 saturated carbocycles. The Morgan fingerprint density at radius 1 is 1.20 bits per heavy atom. The van der Waals surface area contributed by atoms with E-state index in [0.717, 1.165) is 0 Å². The van der Waals surface area contributed by atoms with E-state index in [1.807, 2.05) is 0 Å². The van der Waals surface area contributed by atoms with Crippen LogP contribution in [-0.2, 0) is 10.0 Å². The Morgan fingerprint density at radius 2 is 1.80 bits per heavy atom. The molecule has 2 N–H and O–H groups in total. The number of hydrogen-bond acceptors (Lipinski definition) is 5. The monoisotopic (exact) mass is 301 g/mol. The van der Waals surface area contributed by atoms with Crippen LogP contribution in [0, 0.1) is 30.9 Å². The second kappa shape index (κ2) is 6.29. The molecule has 0 saturated heterocycles. The Balaban J connectivity index is 3.38. The van der Waals surface area contributed by atoms with E-state index in [2.05, 4.69) is 10.0 Å². The number of rotatable bonds is 6. The number of nitrogens with one attached hydrogen (secondary N) is 2. The first-order valence-electron chi connectivity index (χ1n) is 6.11. The van der Waals surface area contributed by atoms with Crippen molar-refractivity contribution >= 4 is 15.7 Å². The van der Waals surface area contributed by atoms with Gasteiger partial charge in [0, 0.05) is 24.2 Å². The zero-order valence-electron chi connectivity index (χ0n) is 12.0. The number of nitro benzene ring substituents is 1. The number of nitro groups is 1. The lowest BCUT2D eigenvalue weighted by atomic mass is 10.1. The molecule has 1 aromatic carbocycles. The van der Waals surface area contributed by atoms with E-state index in [0.29, 0.717) is 17.7 Å². The molecular formula is C12H19N3O4S. The van der Waals surface area contributed by atoms with Gasteiger partial charge in [0.2, 0.25) is 10.0 Å². The molecule has 7 nitrogen and oxygen atoms in total. The normalized spacial score (nSPS) is 11.6. The molecule has 0 unspecified atom stereocenters. The Morgan fingerprint density at radius 3 is 2.30 bits per heavy atom. The molecule has 0 aliphatic heterocycles. The highest BCUT2D eigenvalue weighted by Gasteiger charge is 2.27. The summed E-state index contributed by atoms with van der Waals surface area (Å²) >= 11 is 0. The Labute approximate surface area is 118 Å². The zero-order chi connectivity index (χ0) is 15.5. The van der Waals surface area contributed by atoms with Crippen molar-refractivity contribution in [1.82, 2.24) is 10.0 Å². The fourth-order valence-electron chi connectivity index (χ4n) is 2.23. The van der Waals surface area contributed by atoms with Crippen molar-refractivity contribution in [2.24, 2.45) is 0 Å². The first-order valence-corrected chi connectivity index (χ1v) is 7.60. The topological polar surface area (TPSA) is 101 Å². The maximum absolute atomic E-state index is 12.3. The van der Waals surface area contributed by atoms with Crippen LogP contribution in [0.25, 0.3) is 0 Å². The van der Waals surface area contributed by atoms with Gasteiger partial charge >= 0.3 is 0 Å². The molecule has 0 fully saturated rings. The number of likely N-dealkylation sites (N-methyl/N-ethyl adjacent to an activating group) is 1. The smallest absolute Gasteiger partial charge is 0.276 e. The van der Waals surface area contributed by atoms with Gasteiger partial charge in [-0.1, -0.05) is 0 Å². The first-order chi connectivity index (χ1) is 9.22. The largest absolute Gasteiger partial charge is 0.318 e. The van der Waals surface area contributed by atoms with E-state index in [-0.39, 0.29) is 22.7 Å². The highest BCUT2D eigenvalue weighted by atomic mass is 32.2. The van der Waals surface area contributed by atoms with Crippen LogP contribution in [0.1, 0.15) is 16.7 Å². The average molecular weight is 301 g/mol. The molecule has 1 aromatic rings. The predicted molar refractivity (Wildman–Crippen MR) is 76.4 cm³/mol. The van der Waals surface area contributed by atoms with Crippen molar-refractivity contribution in [1.29, 1.82) is 0 Å². The van der Waals surface area contributed by atoms with Gasteiger partial charge in [0.1, 0.15) is 0 Å². The zero-order valence-corrected chi connectivity index (χ0v) is 12.8. The molecule has 0 amide bonds. The maximum atomic E-state index is 12.3. The lowest BCUT2D eigenvalue weighted by Crippen LogP contribution is -2.31. The third kappa shape index (κ3) is 3.33. The molecule has 0 atom stereocenters. The number of hydrogen-bond donors (Lipinski definition) is 2. The second-order valence-electron chi connectivity index (χ2n) is 4.57. The average Bonchev–Trinajstić information content (AvgIpc) is 2.26. The number of sulfonamides is 1. The molecule has 0 spiro atoms. The maximum Gasteiger partial charge on any atom is 0.276 e. The first kappa shape index (κ1) is 16.5. The third-order valence-electron chi connectivity index (χ3n) is 2.98. The van der Waals surface area contributed by atoms with Gasteiger partial charge in [0.05, 0.1) is 9.82 Å². The van der Waals surface area contributed by atoms with Crippen LogP contribution in [0.5, 0.6) is 0 Å². The van der Waals surface area contributed by atoms with Crippen molar-refractivity contribution in [3.63, 3.8) is 0 Å². The second-order valence-corrected chi connectivity index (χ2v) is 6.28. The molecule has 112 valence electrons. The summed E-state index contributed by atoms with van der Waals surface area (Å²) in [5, 5.41) is 13.9. The Bertz CT molecular complexity index is 626. The molecular weight excluding hydrogens is 282 g/mol. The van der Waals surface area contributed by atoms with E-state index >= 15 is 0 Å². The number of benzene rings is 1. The fourth-order valence-corrected chi connectivity index (χ4v) is 3.73. The summed E-state index contributed by atoms with van der Waals surface area (Å²) in [7, 11) is -2.05. The Kier molecular flexibility index (Phi) is 5.21. The van der Waals surface area contributed by atoms with Crippen LogP contribution in [-0.4, -0.2) is 33.5 Å². The van der Waals surface area contributed by atoms with Crippen molar-refractivity contribution in [2.75, 3.05) is 20.1 Å². The molecule has 0 bridgehead atoms. The van der Waals surface area contributed by atoms with Gasteiger partial charge in [-0.3, -0.25) is 10.1 Å². The summed E-state index contributed by atoms with van der Waals surface area (Å²) in [5.74, 6) is 0. The van der Waals surface area contributed by atoms with Crippen LogP contribution < -0.4 is 10.0 Å². The molecule has 0 aromatic heterocycles. The number of nitrogens with zero attached hydrogens (tertiary/aromatic N) is 1. The molecule has 0 aliphatic carbocycles. The van der Waals surface area contributed by atoms with Crippen molar-refractivity contribution in [2.45, 2.75) is 25.7 Å². The van der Waals surface area contributed by atoms with Crippen LogP contribution >= 0.6 is 0 Å². The van der Waals surface area contributed by atoms with Gasteiger partial charge in [-0.25, -0.2) is 13.1 Å². The summed E-state index contributed by atoms with van der Waals surface area (Å²) in [6, 6.07) is 1.53. The summed E-state index contributed by atoms with van der Waals surface area (Å²) in [6.45, 7) is 5.40. The third-order valence-corrected chi connectivity index (χ3v) is 4.73. The number of aryl methyl sites for hydroxylation is 2. The van der Waals surface area contributed by atoms with E-state index < -0.39 is 14.9 Å². The molecule has 0 aliphatic rings. The quantitative estimate of drug-likeness (QED) is 0.464. The molecule has 1 rings (SSSR count). The van der Waals surface area contributed by atoms with Gasteiger partial charge in [0.15, 0.2) is 0 Å². The molecule has 0 heterocycles.